The van der Waals surface area contributed by atoms with Crippen molar-refractivity contribution < 1.29 is 4.74 Å². The number of benzene rings is 1. The second-order valence-corrected chi connectivity index (χ2v) is 5.97. The van der Waals surface area contributed by atoms with E-state index < -0.39 is 0 Å². The van der Waals surface area contributed by atoms with E-state index in [2.05, 4.69) is 35.3 Å². The van der Waals surface area contributed by atoms with Crippen molar-refractivity contribution in [3.63, 3.8) is 0 Å². The second-order valence-electron chi connectivity index (χ2n) is 5.97. The fourth-order valence-electron chi connectivity index (χ4n) is 3.38. The molecule has 2 aliphatic heterocycles. The zero-order chi connectivity index (χ0) is 13.2. The van der Waals surface area contributed by atoms with Crippen LogP contribution in [0.3, 0.4) is 0 Å². The molecule has 0 amide bonds. The minimum absolute atomic E-state index is 0.708. The summed E-state index contributed by atoms with van der Waals surface area (Å²) in [5.74, 6) is 1.01. The van der Waals surface area contributed by atoms with Crippen molar-refractivity contribution in [2.75, 3.05) is 20.2 Å². The average Bonchev–Trinajstić information content (AvgIpc) is 2.75. The molecule has 3 heteroatoms. The van der Waals surface area contributed by atoms with Crippen LogP contribution < -0.4 is 10.1 Å². The average molecular weight is 260 g/mol. The van der Waals surface area contributed by atoms with E-state index in [1.807, 2.05) is 0 Å². The number of nitrogens with zero attached hydrogens (tertiary/aromatic N) is 1. The van der Waals surface area contributed by atoms with Crippen LogP contribution >= 0.6 is 0 Å². The standard InChI is InChI=1S/C16H24N2O/c1-12-3-4-13(9-16(12)19-2)10-18-8-7-14-5-6-15(11-18)17-14/h3-4,9,14-15,17H,5-8,10-11H2,1-2H3. The van der Waals surface area contributed by atoms with Crippen molar-refractivity contribution in [2.45, 2.75) is 44.8 Å². The third kappa shape index (κ3) is 2.93. The number of rotatable bonds is 3. The van der Waals surface area contributed by atoms with Gasteiger partial charge >= 0.3 is 0 Å². The molecule has 3 nitrogen and oxygen atoms in total. The molecule has 0 saturated carbocycles. The predicted octanol–water partition coefficient (Wildman–Crippen LogP) is 2.33. The molecule has 2 bridgehead atoms. The number of fused-ring (bicyclic) bond motifs is 2. The Balaban J connectivity index is 1.67. The lowest BCUT2D eigenvalue weighted by molar-refractivity contribution is 0.250. The van der Waals surface area contributed by atoms with Crippen LogP contribution in [0.2, 0.25) is 0 Å². The van der Waals surface area contributed by atoms with E-state index in [4.69, 9.17) is 4.74 Å². The quantitative estimate of drug-likeness (QED) is 0.902. The lowest BCUT2D eigenvalue weighted by Crippen LogP contribution is -2.34. The smallest absolute Gasteiger partial charge is 0.122 e. The molecule has 2 fully saturated rings. The number of likely N-dealkylation sites (tertiary alicyclic amines) is 1. The number of hydrogen-bond donors (Lipinski definition) is 1. The number of aryl methyl sites for hydroxylation is 1. The van der Waals surface area contributed by atoms with Crippen molar-refractivity contribution in [1.82, 2.24) is 10.2 Å². The minimum atomic E-state index is 0.708. The summed E-state index contributed by atoms with van der Waals surface area (Å²) in [7, 11) is 1.75. The van der Waals surface area contributed by atoms with Crippen molar-refractivity contribution in [3.8, 4) is 5.75 Å². The summed E-state index contributed by atoms with van der Waals surface area (Å²) in [4.78, 5) is 2.58. The minimum Gasteiger partial charge on any atom is -0.496 e. The van der Waals surface area contributed by atoms with Crippen molar-refractivity contribution in [1.29, 1.82) is 0 Å². The number of methoxy groups -OCH3 is 1. The van der Waals surface area contributed by atoms with Gasteiger partial charge in [0, 0.05) is 31.7 Å². The third-order valence-electron chi connectivity index (χ3n) is 4.49. The first-order valence-electron chi connectivity index (χ1n) is 7.36. The topological polar surface area (TPSA) is 24.5 Å². The summed E-state index contributed by atoms with van der Waals surface area (Å²) < 4.78 is 5.42. The van der Waals surface area contributed by atoms with E-state index in [-0.39, 0.29) is 0 Å². The highest BCUT2D eigenvalue weighted by atomic mass is 16.5. The first-order valence-corrected chi connectivity index (χ1v) is 7.36. The molecular weight excluding hydrogens is 236 g/mol. The van der Waals surface area contributed by atoms with E-state index in [0.717, 1.165) is 18.3 Å². The van der Waals surface area contributed by atoms with E-state index in [9.17, 15) is 0 Å². The Morgan fingerprint density at radius 1 is 1.26 bits per heavy atom. The molecule has 1 N–H and O–H groups in total. The summed E-state index contributed by atoms with van der Waals surface area (Å²) in [5, 5.41) is 3.73. The van der Waals surface area contributed by atoms with Crippen LogP contribution in [0, 0.1) is 6.92 Å². The van der Waals surface area contributed by atoms with E-state index in [1.165, 1.54) is 43.5 Å². The highest BCUT2D eigenvalue weighted by Gasteiger charge is 2.29. The van der Waals surface area contributed by atoms with Gasteiger partial charge in [-0.05, 0) is 43.4 Å². The molecule has 0 spiro atoms. The molecule has 2 unspecified atom stereocenters. The van der Waals surface area contributed by atoms with Crippen molar-refractivity contribution in [3.05, 3.63) is 29.3 Å². The third-order valence-corrected chi connectivity index (χ3v) is 4.49. The zero-order valence-electron chi connectivity index (χ0n) is 12.0. The van der Waals surface area contributed by atoms with Crippen molar-refractivity contribution in [2.24, 2.45) is 0 Å². The van der Waals surface area contributed by atoms with Crippen LogP contribution in [0.1, 0.15) is 30.4 Å². The maximum absolute atomic E-state index is 5.42. The fraction of sp³-hybridized carbons (Fsp3) is 0.625. The highest BCUT2D eigenvalue weighted by molar-refractivity contribution is 5.36. The Bertz CT molecular complexity index is 446. The molecule has 2 heterocycles. The van der Waals surface area contributed by atoms with Gasteiger partial charge in [-0.1, -0.05) is 12.1 Å². The number of nitrogens with one attached hydrogen (secondary N) is 1. The Labute approximate surface area is 115 Å². The first kappa shape index (κ1) is 12.9. The maximum Gasteiger partial charge on any atom is 0.122 e. The molecular formula is C16H24N2O. The summed E-state index contributed by atoms with van der Waals surface area (Å²) >= 11 is 0. The Hall–Kier alpha value is -1.06. The predicted molar refractivity (Wildman–Crippen MR) is 77.6 cm³/mol. The lowest BCUT2D eigenvalue weighted by Gasteiger charge is -2.24. The molecule has 3 rings (SSSR count). The summed E-state index contributed by atoms with van der Waals surface area (Å²) in [6.45, 7) is 5.54. The normalized spacial score (nSPS) is 27.3. The maximum atomic E-state index is 5.42. The molecule has 1 aromatic carbocycles. The van der Waals surface area contributed by atoms with Gasteiger partial charge < -0.3 is 10.1 Å². The summed E-state index contributed by atoms with van der Waals surface area (Å²) in [6.07, 6.45) is 4.01. The van der Waals surface area contributed by atoms with Gasteiger partial charge in [0.05, 0.1) is 7.11 Å². The van der Waals surface area contributed by atoms with Gasteiger partial charge in [0.1, 0.15) is 5.75 Å². The van der Waals surface area contributed by atoms with Gasteiger partial charge in [-0.3, -0.25) is 4.90 Å². The lowest BCUT2D eigenvalue weighted by atomic mass is 10.1. The van der Waals surface area contributed by atoms with Crippen LogP contribution in [-0.2, 0) is 6.54 Å². The van der Waals surface area contributed by atoms with Gasteiger partial charge in [0.2, 0.25) is 0 Å². The van der Waals surface area contributed by atoms with Gasteiger partial charge in [0.15, 0.2) is 0 Å². The fourth-order valence-corrected chi connectivity index (χ4v) is 3.38. The molecule has 1 aromatic rings. The van der Waals surface area contributed by atoms with E-state index in [0.29, 0.717) is 6.04 Å². The molecule has 2 aliphatic rings. The molecule has 0 aromatic heterocycles. The van der Waals surface area contributed by atoms with Crippen molar-refractivity contribution >= 4 is 0 Å². The Morgan fingerprint density at radius 3 is 2.95 bits per heavy atom. The number of hydrogen-bond acceptors (Lipinski definition) is 3. The van der Waals surface area contributed by atoms with Crippen LogP contribution in [0.15, 0.2) is 18.2 Å². The van der Waals surface area contributed by atoms with Gasteiger partial charge in [-0.15, -0.1) is 0 Å². The molecule has 0 aliphatic carbocycles. The molecule has 104 valence electrons. The number of ether oxygens (including phenoxy) is 1. The van der Waals surface area contributed by atoms with E-state index >= 15 is 0 Å². The van der Waals surface area contributed by atoms with Crippen LogP contribution in [0.4, 0.5) is 0 Å². The van der Waals surface area contributed by atoms with E-state index in [1.54, 1.807) is 7.11 Å². The second kappa shape index (κ2) is 5.51. The molecule has 2 atom stereocenters. The largest absolute Gasteiger partial charge is 0.496 e. The van der Waals surface area contributed by atoms with Gasteiger partial charge in [-0.2, -0.15) is 0 Å². The monoisotopic (exact) mass is 260 g/mol. The molecule has 0 radical (unpaired) electrons. The Morgan fingerprint density at radius 2 is 2.11 bits per heavy atom. The SMILES string of the molecule is COc1cc(CN2CCC3CCC(C2)N3)ccc1C. The highest BCUT2D eigenvalue weighted by Crippen LogP contribution is 2.23. The first-order chi connectivity index (χ1) is 9.24. The molecule has 19 heavy (non-hydrogen) atoms. The summed E-state index contributed by atoms with van der Waals surface area (Å²) in [6, 6.07) is 8.05. The van der Waals surface area contributed by atoms with Gasteiger partial charge in [0.25, 0.3) is 0 Å². The molecule has 2 saturated heterocycles. The van der Waals surface area contributed by atoms with Crippen LogP contribution in [-0.4, -0.2) is 37.2 Å². The summed E-state index contributed by atoms with van der Waals surface area (Å²) in [5.41, 5.74) is 2.57. The Kier molecular flexibility index (Phi) is 3.76. The van der Waals surface area contributed by atoms with Crippen LogP contribution in [0.5, 0.6) is 5.75 Å². The van der Waals surface area contributed by atoms with Gasteiger partial charge in [-0.25, -0.2) is 0 Å². The zero-order valence-corrected chi connectivity index (χ0v) is 12.0. The van der Waals surface area contributed by atoms with Crippen LogP contribution in [0.25, 0.3) is 0 Å².